The summed E-state index contributed by atoms with van der Waals surface area (Å²) in [5.74, 6) is -1.28. The van der Waals surface area contributed by atoms with Gasteiger partial charge in [0.2, 0.25) is 0 Å². The van der Waals surface area contributed by atoms with Gasteiger partial charge in [-0.05, 0) is 45.7 Å². The molecule has 1 aliphatic carbocycles. The Morgan fingerprint density at radius 3 is 2.03 bits per heavy atom. The molecule has 0 bridgehead atoms. The van der Waals surface area contributed by atoms with Gasteiger partial charge in [0.1, 0.15) is 6.61 Å². The topological polar surface area (TPSA) is 75.6 Å². The SMILES string of the molecule is CC(C)c1ccc(CC(CNC(=O)OCC2c3ccccc3-c3ccccc32)C(=O)O)cc1. The number of carboxylic acids is 1. The molecule has 33 heavy (non-hydrogen) atoms. The summed E-state index contributed by atoms with van der Waals surface area (Å²) in [7, 11) is 0. The number of carboxylic acid groups (broad SMARTS) is 1. The number of amides is 1. The minimum atomic E-state index is -0.943. The van der Waals surface area contributed by atoms with Crippen molar-refractivity contribution in [3.8, 4) is 11.1 Å². The second-order valence-electron chi connectivity index (χ2n) is 8.84. The van der Waals surface area contributed by atoms with Crippen LogP contribution in [0.5, 0.6) is 0 Å². The molecular weight excluding hydrogens is 414 g/mol. The van der Waals surface area contributed by atoms with Crippen LogP contribution in [0, 0.1) is 5.92 Å². The fourth-order valence-corrected chi connectivity index (χ4v) is 4.43. The average Bonchev–Trinajstić information content (AvgIpc) is 3.14. The van der Waals surface area contributed by atoms with Gasteiger partial charge in [0.25, 0.3) is 0 Å². The Balaban J connectivity index is 1.34. The van der Waals surface area contributed by atoms with Gasteiger partial charge in [0, 0.05) is 12.5 Å². The molecule has 0 aliphatic heterocycles. The van der Waals surface area contributed by atoms with Crippen molar-refractivity contribution >= 4 is 12.1 Å². The lowest BCUT2D eigenvalue weighted by atomic mass is 9.96. The monoisotopic (exact) mass is 443 g/mol. The second kappa shape index (κ2) is 9.90. The molecule has 1 aliphatic rings. The lowest BCUT2D eigenvalue weighted by Crippen LogP contribution is -2.35. The van der Waals surface area contributed by atoms with E-state index in [-0.39, 0.29) is 19.1 Å². The van der Waals surface area contributed by atoms with Gasteiger partial charge < -0.3 is 15.2 Å². The van der Waals surface area contributed by atoms with Crippen molar-refractivity contribution in [2.24, 2.45) is 5.92 Å². The number of carbonyl (C=O) groups is 2. The van der Waals surface area contributed by atoms with Crippen LogP contribution >= 0.6 is 0 Å². The van der Waals surface area contributed by atoms with Crippen LogP contribution in [0.25, 0.3) is 11.1 Å². The predicted molar refractivity (Wildman–Crippen MR) is 128 cm³/mol. The van der Waals surface area contributed by atoms with Crippen LogP contribution in [-0.2, 0) is 16.0 Å². The first kappa shape index (κ1) is 22.6. The number of nitrogens with one attached hydrogen (secondary N) is 1. The van der Waals surface area contributed by atoms with E-state index >= 15 is 0 Å². The zero-order valence-corrected chi connectivity index (χ0v) is 19.0. The van der Waals surface area contributed by atoms with E-state index in [4.69, 9.17) is 4.74 Å². The van der Waals surface area contributed by atoms with Crippen LogP contribution in [-0.4, -0.2) is 30.3 Å². The van der Waals surface area contributed by atoms with Crippen LogP contribution in [0.1, 0.15) is 47.9 Å². The maximum absolute atomic E-state index is 12.4. The first-order chi connectivity index (χ1) is 15.9. The molecule has 0 spiro atoms. The molecule has 2 N–H and O–H groups in total. The van der Waals surface area contributed by atoms with Gasteiger partial charge in [0.15, 0.2) is 0 Å². The normalized spacial score (nSPS) is 13.3. The van der Waals surface area contributed by atoms with Crippen molar-refractivity contribution in [3.63, 3.8) is 0 Å². The van der Waals surface area contributed by atoms with Gasteiger partial charge in [-0.3, -0.25) is 4.79 Å². The summed E-state index contributed by atoms with van der Waals surface area (Å²) in [4.78, 5) is 24.1. The van der Waals surface area contributed by atoms with E-state index < -0.39 is 18.0 Å². The van der Waals surface area contributed by atoms with Crippen molar-refractivity contribution < 1.29 is 19.4 Å². The van der Waals surface area contributed by atoms with Crippen molar-refractivity contribution in [2.45, 2.75) is 32.1 Å². The van der Waals surface area contributed by atoms with Gasteiger partial charge >= 0.3 is 12.1 Å². The highest BCUT2D eigenvalue weighted by Gasteiger charge is 2.29. The Labute approximate surface area is 194 Å². The Morgan fingerprint density at radius 2 is 1.48 bits per heavy atom. The van der Waals surface area contributed by atoms with Crippen LogP contribution in [0.4, 0.5) is 4.79 Å². The Hall–Kier alpha value is -3.60. The van der Waals surface area contributed by atoms with E-state index in [2.05, 4.69) is 43.4 Å². The lowest BCUT2D eigenvalue weighted by molar-refractivity contribution is -0.141. The fraction of sp³-hybridized carbons (Fsp3) is 0.286. The Morgan fingerprint density at radius 1 is 0.909 bits per heavy atom. The standard InChI is InChI=1S/C28H29NO4/c1-18(2)20-13-11-19(12-14-20)15-21(27(30)31)16-29-28(32)33-17-26-24-9-5-3-7-22(24)23-8-4-6-10-25(23)26/h3-14,18,21,26H,15-17H2,1-2H3,(H,29,32)(H,30,31). The molecule has 1 unspecified atom stereocenters. The third kappa shape index (κ3) is 5.08. The van der Waals surface area contributed by atoms with Gasteiger partial charge in [0.05, 0.1) is 5.92 Å². The summed E-state index contributed by atoms with van der Waals surface area (Å²) in [6.07, 6.45) is -0.254. The number of hydrogen-bond acceptors (Lipinski definition) is 3. The fourth-order valence-electron chi connectivity index (χ4n) is 4.43. The summed E-state index contributed by atoms with van der Waals surface area (Å²) in [5, 5.41) is 12.3. The number of rotatable bonds is 8. The molecule has 3 aromatic carbocycles. The van der Waals surface area contributed by atoms with Crippen molar-refractivity contribution in [1.82, 2.24) is 5.32 Å². The molecule has 170 valence electrons. The molecule has 5 heteroatoms. The molecule has 1 amide bonds. The third-order valence-corrected chi connectivity index (χ3v) is 6.31. The van der Waals surface area contributed by atoms with Gasteiger partial charge in [-0.25, -0.2) is 4.79 Å². The van der Waals surface area contributed by atoms with Gasteiger partial charge in [-0.1, -0.05) is 86.6 Å². The zero-order chi connectivity index (χ0) is 23.4. The molecule has 0 radical (unpaired) electrons. The first-order valence-corrected chi connectivity index (χ1v) is 11.3. The summed E-state index contributed by atoms with van der Waals surface area (Å²) >= 11 is 0. The number of ether oxygens (including phenoxy) is 1. The van der Waals surface area contributed by atoms with Gasteiger partial charge in [-0.15, -0.1) is 0 Å². The number of fused-ring (bicyclic) bond motifs is 3. The van der Waals surface area contributed by atoms with E-state index in [1.807, 2.05) is 48.5 Å². The van der Waals surface area contributed by atoms with Crippen molar-refractivity contribution in [1.29, 1.82) is 0 Å². The molecule has 0 heterocycles. The third-order valence-electron chi connectivity index (χ3n) is 6.31. The molecular formula is C28H29NO4. The Kier molecular flexibility index (Phi) is 6.78. The molecule has 4 rings (SSSR count). The largest absolute Gasteiger partial charge is 0.481 e. The van der Waals surface area contributed by atoms with E-state index in [0.29, 0.717) is 12.3 Å². The molecule has 3 aromatic rings. The highest BCUT2D eigenvalue weighted by molar-refractivity contribution is 5.79. The highest BCUT2D eigenvalue weighted by atomic mass is 16.5. The van der Waals surface area contributed by atoms with E-state index in [1.165, 1.54) is 5.56 Å². The summed E-state index contributed by atoms with van der Waals surface area (Å²) < 4.78 is 5.52. The summed E-state index contributed by atoms with van der Waals surface area (Å²) in [5.41, 5.74) is 6.75. The average molecular weight is 444 g/mol. The predicted octanol–water partition coefficient (Wildman–Crippen LogP) is 5.59. The van der Waals surface area contributed by atoms with Crippen molar-refractivity contribution in [3.05, 3.63) is 95.1 Å². The first-order valence-electron chi connectivity index (χ1n) is 11.3. The van der Waals surface area contributed by atoms with Crippen LogP contribution in [0.15, 0.2) is 72.8 Å². The minimum Gasteiger partial charge on any atom is -0.481 e. The van der Waals surface area contributed by atoms with E-state index in [1.54, 1.807) is 0 Å². The van der Waals surface area contributed by atoms with E-state index in [0.717, 1.165) is 27.8 Å². The second-order valence-corrected chi connectivity index (χ2v) is 8.84. The number of benzene rings is 3. The zero-order valence-electron chi connectivity index (χ0n) is 19.0. The maximum Gasteiger partial charge on any atom is 0.407 e. The molecule has 0 saturated carbocycles. The maximum atomic E-state index is 12.4. The molecule has 0 saturated heterocycles. The molecule has 5 nitrogen and oxygen atoms in total. The molecule has 1 atom stereocenters. The van der Waals surface area contributed by atoms with E-state index in [9.17, 15) is 14.7 Å². The van der Waals surface area contributed by atoms with Crippen LogP contribution in [0.2, 0.25) is 0 Å². The molecule has 0 aromatic heterocycles. The van der Waals surface area contributed by atoms with Crippen molar-refractivity contribution in [2.75, 3.05) is 13.2 Å². The summed E-state index contributed by atoms with van der Waals surface area (Å²) in [6, 6.07) is 24.2. The lowest BCUT2D eigenvalue weighted by Gasteiger charge is -2.17. The number of hydrogen-bond donors (Lipinski definition) is 2. The smallest absolute Gasteiger partial charge is 0.407 e. The minimum absolute atomic E-state index is 0.0118. The number of aliphatic carboxylic acids is 1. The summed E-state index contributed by atoms with van der Waals surface area (Å²) in [6.45, 7) is 4.45. The number of alkyl carbamates (subject to hydrolysis) is 1. The highest BCUT2D eigenvalue weighted by Crippen LogP contribution is 2.44. The van der Waals surface area contributed by atoms with Crippen LogP contribution in [0.3, 0.4) is 0 Å². The molecule has 0 fully saturated rings. The Bertz CT molecular complexity index is 1090. The quantitative estimate of drug-likeness (QED) is 0.476. The van der Waals surface area contributed by atoms with Crippen LogP contribution < -0.4 is 5.32 Å². The number of carbonyl (C=O) groups excluding carboxylic acids is 1. The van der Waals surface area contributed by atoms with Gasteiger partial charge in [-0.2, -0.15) is 0 Å².